The van der Waals surface area contributed by atoms with Crippen molar-refractivity contribution < 1.29 is 9.90 Å². The summed E-state index contributed by atoms with van der Waals surface area (Å²) in [5.41, 5.74) is 1.01. The molecule has 2 aliphatic heterocycles. The average Bonchev–Trinajstić information content (AvgIpc) is 2.31. The van der Waals surface area contributed by atoms with Gasteiger partial charge in [-0.3, -0.25) is 4.79 Å². The number of carbonyl (C=O) groups excluding carboxylic acids is 1. The lowest BCUT2D eigenvalue weighted by Gasteiger charge is -2.16. The maximum atomic E-state index is 11.0. The quantitative estimate of drug-likeness (QED) is 0.552. The van der Waals surface area contributed by atoms with Gasteiger partial charge in [0.2, 0.25) is 0 Å². The fourth-order valence-corrected chi connectivity index (χ4v) is 1.23. The monoisotopic (exact) mass is 165 g/mol. The Hall–Kier alpha value is -1.65. The van der Waals surface area contributed by atoms with Crippen molar-refractivity contribution in [1.82, 2.24) is 5.32 Å². The predicted molar refractivity (Wildman–Crippen MR) is 40.2 cm³/mol. The molecule has 2 N–H and O–H groups in total. The molecule has 0 saturated carbocycles. The van der Waals surface area contributed by atoms with E-state index in [1.807, 2.05) is 0 Å². The molecule has 0 saturated heterocycles. The Bertz CT molecular complexity index is 341. The molecule has 2 rings (SSSR count). The standard InChI is InChI=1S/C7H7N3O2/c1-3-2-4(11)5-6(8-3)9-10-7(5)12/h2,6,8,11H,1H3. The number of nitrogens with zero attached hydrogens (tertiary/aromatic N) is 2. The van der Waals surface area contributed by atoms with Crippen molar-refractivity contribution in [2.24, 2.45) is 10.2 Å². The normalized spacial score (nSPS) is 26.9. The number of dihydropyridines is 1. The van der Waals surface area contributed by atoms with E-state index in [1.54, 1.807) is 6.92 Å². The lowest BCUT2D eigenvalue weighted by molar-refractivity contribution is -0.114. The van der Waals surface area contributed by atoms with Gasteiger partial charge in [0.1, 0.15) is 11.3 Å². The fraction of sp³-hybridized carbons (Fsp3) is 0.286. The van der Waals surface area contributed by atoms with Gasteiger partial charge >= 0.3 is 0 Å². The molecular weight excluding hydrogens is 158 g/mol. The Labute approximate surface area is 68.5 Å². The first-order valence-electron chi connectivity index (χ1n) is 3.51. The lowest BCUT2D eigenvalue weighted by atomic mass is 10.1. The van der Waals surface area contributed by atoms with Gasteiger partial charge in [-0.25, -0.2) is 0 Å². The summed E-state index contributed by atoms with van der Waals surface area (Å²) in [4.78, 5) is 11.0. The van der Waals surface area contributed by atoms with Crippen LogP contribution in [0, 0.1) is 0 Å². The van der Waals surface area contributed by atoms with Crippen LogP contribution < -0.4 is 5.32 Å². The van der Waals surface area contributed by atoms with Crippen molar-refractivity contribution in [3.8, 4) is 0 Å². The SMILES string of the molecule is CC1=CC(O)=C2C(=O)N=NC2N1. The van der Waals surface area contributed by atoms with E-state index in [-0.39, 0.29) is 11.3 Å². The summed E-state index contributed by atoms with van der Waals surface area (Å²) in [5.74, 6) is -0.500. The highest BCUT2D eigenvalue weighted by atomic mass is 16.3. The van der Waals surface area contributed by atoms with E-state index in [0.717, 1.165) is 5.70 Å². The zero-order valence-electron chi connectivity index (χ0n) is 6.40. The molecule has 0 spiro atoms. The molecule has 12 heavy (non-hydrogen) atoms. The van der Waals surface area contributed by atoms with E-state index in [4.69, 9.17) is 0 Å². The third-order valence-corrected chi connectivity index (χ3v) is 1.76. The summed E-state index contributed by atoms with van der Waals surface area (Å²) in [6.07, 6.45) is 1.00. The summed E-state index contributed by atoms with van der Waals surface area (Å²) in [6.45, 7) is 1.78. The first-order valence-corrected chi connectivity index (χ1v) is 3.51. The molecule has 5 nitrogen and oxygen atoms in total. The Kier molecular flexibility index (Phi) is 1.27. The highest BCUT2D eigenvalue weighted by Crippen LogP contribution is 2.23. The molecule has 1 atom stereocenters. The van der Waals surface area contributed by atoms with E-state index in [1.165, 1.54) is 6.08 Å². The molecular formula is C7H7N3O2. The third kappa shape index (κ3) is 0.827. The van der Waals surface area contributed by atoms with Gasteiger partial charge in [-0.1, -0.05) is 0 Å². The fourth-order valence-electron chi connectivity index (χ4n) is 1.23. The minimum absolute atomic E-state index is 0.0359. The van der Waals surface area contributed by atoms with Gasteiger partial charge < -0.3 is 10.4 Å². The highest BCUT2D eigenvalue weighted by molar-refractivity contribution is 5.97. The van der Waals surface area contributed by atoms with E-state index in [2.05, 4.69) is 15.5 Å². The molecule has 0 radical (unpaired) electrons. The van der Waals surface area contributed by atoms with Gasteiger partial charge in [-0.2, -0.15) is 5.11 Å². The molecule has 2 heterocycles. The van der Waals surface area contributed by atoms with Crippen molar-refractivity contribution in [2.45, 2.75) is 13.1 Å². The first-order chi connectivity index (χ1) is 5.68. The zero-order chi connectivity index (χ0) is 8.72. The van der Waals surface area contributed by atoms with Crippen molar-refractivity contribution >= 4 is 5.91 Å². The van der Waals surface area contributed by atoms with Crippen LogP contribution >= 0.6 is 0 Å². The topological polar surface area (TPSA) is 74.0 Å². The summed E-state index contributed by atoms with van der Waals surface area (Å²) in [7, 11) is 0. The first kappa shape index (κ1) is 7.02. The van der Waals surface area contributed by atoms with Crippen LogP contribution in [0.1, 0.15) is 6.92 Å². The smallest absolute Gasteiger partial charge is 0.298 e. The van der Waals surface area contributed by atoms with Crippen LogP contribution in [0.3, 0.4) is 0 Å². The van der Waals surface area contributed by atoms with Crippen LogP contribution in [0.4, 0.5) is 0 Å². The minimum Gasteiger partial charge on any atom is -0.507 e. The summed E-state index contributed by atoms with van der Waals surface area (Å²) < 4.78 is 0. The molecule has 1 unspecified atom stereocenters. The van der Waals surface area contributed by atoms with Gasteiger partial charge in [-0.15, -0.1) is 5.11 Å². The number of rotatable bonds is 0. The summed E-state index contributed by atoms with van der Waals surface area (Å²) in [5, 5.41) is 19.2. The van der Waals surface area contributed by atoms with Gasteiger partial charge in [0.15, 0.2) is 6.17 Å². The zero-order valence-corrected chi connectivity index (χ0v) is 6.40. The Morgan fingerprint density at radius 3 is 3.17 bits per heavy atom. The number of nitrogens with one attached hydrogen (secondary N) is 1. The van der Waals surface area contributed by atoms with Crippen LogP contribution in [0.25, 0.3) is 0 Å². The predicted octanol–water partition coefficient (Wildman–Crippen LogP) is 0.624. The van der Waals surface area contributed by atoms with Gasteiger partial charge in [0.25, 0.3) is 5.91 Å². The summed E-state index contributed by atoms with van der Waals surface area (Å²) in [6, 6.07) is 0. The van der Waals surface area contributed by atoms with Crippen molar-refractivity contribution in [2.75, 3.05) is 0 Å². The Balaban J connectivity index is 2.49. The van der Waals surface area contributed by atoms with Crippen molar-refractivity contribution in [3.05, 3.63) is 23.1 Å². The molecule has 0 bridgehead atoms. The molecule has 1 amide bonds. The molecule has 0 aromatic rings. The van der Waals surface area contributed by atoms with Crippen LogP contribution in [0.2, 0.25) is 0 Å². The Morgan fingerprint density at radius 1 is 1.67 bits per heavy atom. The molecule has 2 aliphatic rings. The van der Waals surface area contributed by atoms with Crippen LogP contribution in [-0.4, -0.2) is 17.2 Å². The molecule has 0 fully saturated rings. The number of allylic oxidation sites excluding steroid dienone is 2. The van der Waals surface area contributed by atoms with Crippen LogP contribution in [-0.2, 0) is 4.79 Å². The number of fused-ring (bicyclic) bond motifs is 1. The third-order valence-electron chi connectivity index (χ3n) is 1.76. The molecule has 62 valence electrons. The number of amides is 1. The highest BCUT2D eigenvalue weighted by Gasteiger charge is 2.32. The summed E-state index contributed by atoms with van der Waals surface area (Å²) >= 11 is 0. The minimum atomic E-state index is -0.484. The molecule has 0 aromatic carbocycles. The second-order valence-corrected chi connectivity index (χ2v) is 2.69. The number of aliphatic hydroxyl groups is 1. The molecule has 0 aromatic heterocycles. The molecule has 5 heteroatoms. The van der Waals surface area contributed by atoms with Gasteiger partial charge in [0, 0.05) is 5.70 Å². The van der Waals surface area contributed by atoms with Crippen molar-refractivity contribution in [3.63, 3.8) is 0 Å². The van der Waals surface area contributed by atoms with Gasteiger partial charge in [0.05, 0.1) is 0 Å². The number of aliphatic hydroxyl groups excluding tert-OH is 1. The van der Waals surface area contributed by atoms with E-state index in [9.17, 15) is 9.90 Å². The number of hydrogen-bond donors (Lipinski definition) is 2. The molecule has 0 aliphatic carbocycles. The lowest BCUT2D eigenvalue weighted by Crippen LogP contribution is -2.30. The van der Waals surface area contributed by atoms with Crippen LogP contribution in [0.5, 0.6) is 0 Å². The van der Waals surface area contributed by atoms with E-state index in [0.29, 0.717) is 0 Å². The number of azo groups is 1. The van der Waals surface area contributed by atoms with Crippen LogP contribution in [0.15, 0.2) is 33.3 Å². The van der Waals surface area contributed by atoms with E-state index < -0.39 is 12.1 Å². The maximum Gasteiger partial charge on any atom is 0.298 e. The second-order valence-electron chi connectivity index (χ2n) is 2.69. The van der Waals surface area contributed by atoms with Gasteiger partial charge in [-0.05, 0) is 13.0 Å². The number of carbonyl (C=O) groups is 1. The Morgan fingerprint density at radius 2 is 2.42 bits per heavy atom. The second kappa shape index (κ2) is 2.17. The largest absolute Gasteiger partial charge is 0.507 e. The van der Waals surface area contributed by atoms with E-state index >= 15 is 0 Å². The maximum absolute atomic E-state index is 11.0. The number of hydrogen-bond acceptors (Lipinski definition) is 4. The van der Waals surface area contributed by atoms with Crippen molar-refractivity contribution in [1.29, 1.82) is 0 Å². The average molecular weight is 165 g/mol.